The first-order valence-electron chi connectivity index (χ1n) is 12.9. The molecule has 3 aromatic carbocycles. The van der Waals surface area contributed by atoms with Crippen LogP contribution in [0.4, 0.5) is 4.39 Å². The number of amides is 1. The van der Waals surface area contributed by atoms with Crippen molar-refractivity contribution < 1.29 is 33.3 Å². The van der Waals surface area contributed by atoms with Gasteiger partial charge in [0, 0.05) is 36.9 Å². The molecule has 0 radical (unpaired) electrons. The van der Waals surface area contributed by atoms with Crippen LogP contribution in [0.15, 0.2) is 54.6 Å². The maximum absolute atomic E-state index is 14.4. The van der Waals surface area contributed by atoms with Crippen molar-refractivity contribution in [2.45, 2.75) is 57.8 Å². The van der Waals surface area contributed by atoms with E-state index < -0.39 is 24.0 Å². The zero-order valence-corrected chi connectivity index (χ0v) is 22.5. The van der Waals surface area contributed by atoms with E-state index >= 15 is 0 Å². The van der Waals surface area contributed by atoms with Gasteiger partial charge in [0.2, 0.25) is 0 Å². The van der Waals surface area contributed by atoms with Crippen LogP contribution in [-0.2, 0) is 30.6 Å². The number of carboxylic acids is 1. The van der Waals surface area contributed by atoms with Crippen LogP contribution in [0.3, 0.4) is 0 Å². The van der Waals surface area contributed by atoms with Crippen molar-refractivity contribution >= 4 is 11.9 Å². The predicted molar refractivity (Wildman–Crippen MR) is 143 cm³/mol. The minimum absolute atomic E-state index is 0.125. The molecule has 204 valence electrons. The van der Waals surface area contributed by atoms with Gasteiger partial charge in [0.25, 0.3) is 5.91 Å². The van der Waals surface area contributed by atoms with Gasteiger partial charge in [-0.25, -0.2) is 4.39 Å². The monoisotopic (exact) mass is 533 g/mol. The maximum atomic E-state index is 14.4. The fraction of sp³-hybridized carbons (Fsp3) is 0.355. The van der Waals surface area contributed by atoms with Gasteiger partial charge in [-0.05, 0) is 61.7 Å². The molecule has 0 fully saturated rings. The Kier molecular flexibility index (Phi) is 6.74. The summed E-state index contributed by atoms with van der Waals surface area (Å²) < 4.78 is 32.1. The fourth-order valence-corrected chi connectivity index (χ4v) is 5.54. The van der Waals surface area contributed by atoms with Crippen molar-refractivity contribution in [3.8, 4) is 17.2 Å². The third-order valence-electron chi connectivity index (χ3n) is 7.15. The Hall–Kier alpha value is -4.07. The van der Waals surface area contributed by atoms with E-state index in [2.05, 4.69) is 0 Å². The van der Waals surface area contributed by atoms with Gasteiger partial charge < -0.3 is 24.2 Å². The zero-order valence-electron chi connectivity index (χ0n) is 22.5. The predicted octanol–water partition coefficient (Wildman–Crippen LogP) is 5.21. The van der Waals surface area contributed by atoms with Gasteiger partial charge in [0.05, 0.1) is 7.11 Å². The Labute approximate surface area is 227 Å². The molecule has 0 saturated carbocycles. The van der Waals surface area contributed by atoms with Gasteiger partial charge in [0.1, 0.15) is 29.3 Å². The molecule has 5 rings (SSSR count). The lowest BCUT2D eigenvalue weighted by atomic mass is 9.91. The molecule has 1 N–H and O–H groups in total. The number of hydrogen-bond acceptors (Lipinski definition) is 5. The molecule has 8 heteroatoms. The Bertz CT molecular complexity index is 1450. The Balaban J connectivity index is 1.41. The highest BCUT2D eigenvalue weighted by Crippen LogP contribution is 2.44. The summed E-state index contributed by atoms with van der Waals surface area (Å²) in [7, 11) is 1.49. The summed E-state index contributed by atoms with van der Waals surface area (Å²) in [6.07, 6.45) is 1.51. The Morgan fingerprint density at radius 2 is 1.79 bits per heavy atom. The van der Waals surface area contributed by atoms with E-state index in [1.54, 1.807) is 30.3 Å². The molecule has 3 aromatic rings. The number of hydrogen-bond donors (Lipinski definition) is 1. The van der Waals surface area contributed by atoms with Crippen LogP contribution in [-0.4, -0.2) is 46.7 Å². The van der Waals surface area contributed by atoms with Crippen molar-refractivity contribution in [3.63, 3.8) is 0 Å². The van der Waals surface area contributed by atoms with Crippen LogP contribution in [0.1, 0.15) is 53.4 Å². The van der Waals surface area contributed by atoms with Crippen LogP contribution in [0.5, 0.6) is 17.2 Å². The van der Waals surface area contributed by atoms with Gasteiger partial charge >= 0.3 is 5.97 Å². The van der Waals surface area contributed by atoms with Crippen molar-refractivity contribution in [1.82, 2.24) is 4.90 Å². The first-order valence-corrected chi connectivity index (χ1v) is 12.9. The molecule has 1 unspecified atom stereocenters. The normalized spacial score (nSPS) is 18.5. The molecule has 0 spiro atoms. The van der Waals surface area contributed by atoms with Crippen LogP contribution in [0.2, 0.25) is 0 Å². The molecule has 2 aliphatic rings. The zero-order chi connectivity index (χ0) is 27.9. The molecule has 0 bridgehead atoms. The van der Waals surface area contributed by atoms with Gasteiger partial charge in [0.15, 0.2) is 11.5 Å². The molecular formula is C31H32FNO6. The van der Waals surface area contributed by atoms with Crippen LogP contribution < -0.4 is 14.2 Å². The average Bonchev–Trinajstić information content (AvgIpc) is 3.37. The van der Waals surface area contributed by atoms with E-state index in [1.807, 2.05) is 39.0 Å². The number of halogens is 1. The minimum Gasteiger partial charge on any atom is -0.493 e. The summed E-state index contributed by atoms with van der Waals surface area (Å²) in [6, 6.07) is 15.6. The molecule has 2 aliphatic heterocycles. The largest absolute Gasteiger partial charge is 0.493 e. The second-order valence-electron chi connectivity index (χ2n) is 11.2. The van der Waals surface area contributed by atoms with Gasteiger partial charge in [-0.2, -0.15) is 0 Å². The molecule has 1 atom stereocenters. The highest BCUT2D eigenvalue weighted by Gasteiger charge is 2.38. The molecule has 1 amide bonds. The number of fused-ring (bicyclic) bond motifs is 2. The third kappa shape index (κ3) is 5.55. The van der Waals surface area contributed by atoms with E-state index in [0.29, 0.717) is 35.5 Å². The van der Waals surface area contributed by atoms with E-state index in [1.165, 1.54) is 18.1 Å². The van der Waals surface area contributed by atoms with Crippen LogP contribution in [0, 0.1) is 5.82 Å². The van der Waals surface area contributed by atoms with Crippen molar-refractivity contribution in [2.24, 2.45) is 0 Å². The lowest BCUT2D eigenvalue weighted by molar-refractivity contribution is -0.137. The first kappa shape index (κ1) is 26.5. The second-order valence-corrected chi connectivity index (χ2v) is 11.2. The SMILES string of the molecule is COc1cc(C(=O)N(CC(=O)O)Cc2ccc3c(c2)CC(C)(C)O3)cc2c1OC(C)(Cc1ccccc1F)C2. The smallest absolute Gasteiger partial charge is 0.323 e. The Morgan fingerprint density at radius 3 is 2.51 bits per heavy atom. The van der Waals surface area contributed by atoms with Crippen molar-refractivity contribution in [3.05, 3.63) is 88.2 Å². The number of carboxylic acid groups (broad SMARTS) is 1. The minimum atomic E-state index is -1.11. The average molecular weight is 534 g/mol. The Morgan fingerprint density at radius 1 is 1.03 bits per heavy atom. The first-order chi connectivity index (χ1) is 18.4. The second kappa shape index (κ2) is 9.91. The highest BCUT2D eigenvalue weighted by atomic mass is 19.1. The molecule has 2 heterocycles. The summed E-state index contributed by atoms with van der Waals surface area (Å²) >= 11 is 0. The number of rotatable bonds is 8. The van der Waals surface area contributed by atoms with Gasteiger partial charge in [-0.15, -0.1) is 0 Å². The van der Waals surface area contributed by atoms with Gasteiger partial charge in [-0.1, -0.05) is 30.3 Å². The fourth-order valence-electron chi connectivity index (χ4n) is 5.54. The van der Waals surface area contributed by atoms with Crippen LogP contribution >= 0.6 is 0 Å². The summed E-state index contributed by atoms with van der Waals surface area (Å²) in [5.74, 6) is -0.144. The van der Waals surface area contributed by atoms with E-state index in [-0.39, 0.29) is 18.0 Å². The number of carbonyl (C=O) groups excluding carboxylic acids is 1. The molecular weight excluding hydrogens is 501 g/mol. The molecule has 7 nitrogen and oxygen atoms in total. The quantitative estimate of drug-likeness (QED) is 0.428. The van der Waals surface area contributed by atoms with Gasteiger partial charge in [-0.3, -0.25) is 9.59 Å². The number of aliphatic carboxylic acids is 1. The number of nitrogens with zero attached hydrogens (tertiary/aromatic N) is 1. The molecule has 0 saturated heterocycles. The number of carbonyl (C=O) groups is 2. The topological polar surface area (TPSA) is 85.3 Å². The van der Waals surface area contributed by atoms with E-state index in [0.717, 1.165) is 28.9 Å². The van der Waals surface area contributed by atoms with Crippen molar-refractivity contribution in [1.29, 1.82) is 0 Å². The maximum Gasteiger partial charge on any atom is 0.323 e. The number of ether oxygens (including phenoxy) is 3. The summed E-state index contributed by atoms with van der Waals surface area (Å²) in [4.78, 5) is 26.7. The number of methoxy groups -OCH3 is 1. The molecule has 0 aliphatic carbocycles. The summed E-state index contributed by atoms with van der Waals surface area (Å²) in [6.45, 7) is 5.59. The van der Waals surface area contributed by atoms with Crippen molar-refractivity contribution in [2.75, 3.05) is 13.7 Å². The third-order valence-corrected chi connectivity index (χ3v) is 7.15. The summed E-state index contributed by atoms with van der Waals surface area (Å²) in [5.41, 5.74) is 2.41. The standard InChI is InChI=1S/C31H32FNO6/c1-30(2)14-22-11-19(9-10-25(22)38-30)17-33(18-27(34)35)29(36)21-12-23-16-31(3,39-28(23)26(13-21)37-4)15-20-7-5-6-8-24(20)32/h5-13H,14-18H2,1-4H3,(H,34,35). The lowest BCUT2D eigenvalue weighted by Gasteiger charge is -2.24. The van der Waals surface area contributed by atoms with E-state index in [9.17, 15) is 19.1 Å². The molecule has 0 aromatic heterocycles. The number of benzene rings is 3. The van der Waals surface area contributed by atoms with E-state index in [4.69, 9.17) is 14.2 Å². The lowest BCUT2D eigenvalue weighted by Crippen LogP contribution is -2.35. The molecule has 39 heavy (non-hydrogen) atoms. The van der Waals surface area contributed by atoms with Crippen LogP contribution in [0.25, 0.3) is 0 Å². The highest BCUT2D eigenvalue weighted by molar-refractivity contribution is 5.97. The summed E-state index contributed by atoms with van der Waals surface area (Å²) in [5, 5.41) is 9.58.